The van der Waals surface area contributed by atoms with Crippen LogP contribution in [-0.4, -0.2) is 170 Å². The highest BCUT2D eigenvalue weighted by Gasteiger charge is 2.45. The summed E-state index contributed by atoms with van der Waals surface area (Å²) in [6, 6.07) is 12.8. The van der Waals surface area contributed by atoms with Crippen molar-refractivity contribution in [3.05, 3.63) is 94.1 Å². The minimum absolute atomic E-state index is 0.0546. The molecule has 1 fully saturated rings. The van der Waals surface area contributed by atoms with Crippen molar-refractivity contribution in [1.82, 2.24) is 56.1 Å². The van der Waals surface area contributed by atoms with Crippen LogP contribution >= 0.6 is 0 Å². The molecule has 23 nitrogen and oxygen atoms in total. The molecule has 0 spiro atoms. The maximum Gasteiger partial charge on any atom is 0.305 e. The number of carbonyl (C=O) groups is 5. The molecule has 2 aliphatic rings. The lowest BCUT2D eigenvalue weighted by atomic mass is 9.85. The van der Waals surface area contributed by atoms with Crippen molar-refractivity contribution in [2.45, 2.75) is 117 Å². The van der Waals surface area contributed by atoms with E-state index in [1.54, 1.807) is 41.6 Å². The summed E-state index contributed by atoms with van der Waals surface area (Å²) in [4.78, 5) is 83.9. The van der Waals surface area contributed by atoms with Crippen LogP contribution in [0.25, 0.3) is 16.1 Å². The highest BCUT2D eigenvalue weighted by atomic mass is 16.6. The van der Waals surface area contributed by atoms with Crippen LogP contribution in [0.15, 0.2) is 54.7 Å². The second-order valence-electron chi connectivity index (χ2n) is 21.1. The summed E-state index contributed by atoms with van der Waals surface area (Å²) >= 11 is 0. The number of fused-ring (bicyclic) bond motifs is 5. The Morgan fingerprint density at radius 1 is 0.950 bits per heavy atom. The third kappa shape index (κ3) is 17.0. The van der Waals surface area contributed by atoms with Gasteiger partial charge < -0.3 is 70.6 Å². The van der Waals surface area contributed by atoms with Gasteiger partial charge in [0.15, 0.2) is 5.82 Å². The first-order valence-corrected chi connectivity index (χ1v) is 27.4. The van der Waals surface area contributed by atoms with Crippen LogP contribution in [0, 0.1) is 18.9 Å². The fourth-order valence-corrected chi connectivity index (χ4v) is 9.42. The highest BCUT2D eigenvalue weighted by Crippen LogP contribution is 2.37. The molecule has 0 unspecified atom stereocenters. The summed E-state index contributed by atoms with van der Waals surface area (Å²) < 4.78 is 30.5. The summed E-state index contributed by atoms with van der Waals surface area (Å²) in [7, 11) is 3.36. The van der Waals surface area contributed by atoms with E-state index in [4.69, 9.17) is 36.0 Å². The molecule has 1 saturated heterocycles. The molecule has 0 saturated carbocycles. The fourth-order valence-electron chi connectivity index (χ4n) is 9.42. The summed E-state index contributed by atoms with van der Waals surface area (Å²) in [5.74, 6) is -1.14. The minimum atomic E-state index is -0.855. The van der Waals surface area contributed by atoms with Gasteiger partial charge in [0.25, 0.3) is 11.8 Å². The summed E-state index contributed by atoms with van der Waals surface area (Å²) in [5, 5.41) is 20.0. The Hall–Kier alpha value is -7.07. The van der Waals surface area contributed by atoms with Crippen molar-refractivity contribution >= 4 is 41.2 Å². The maximum absolute atomic E-state index is 14.3. The van der Waals surface area contributed by atoms with E-state index in [1.165, 1.54) is 6.20 Å². The molecule has 2 bridgehead atoms. The summed E-state index contributed by atoms with van der Waals surface area (Å²) in [6.07, 6.45) is 2.05. The second-order valence-corrected chi connectivity index (χ2v) is 21.1. The molecule has 0 radical (unpaired) electrons. The Kier molecular flexibility index (Phi) is 23.3. The lowest BCUT2D eigenvalue weighted by Crippen LogP contribution is -2.59. The van der Waals surface area contributed by atoms with E-state index in [0.29, 0.717) is 87.1 Å². The third-order valence-electron chi connectivity index (χ3n) is 14.0. The van der Waals surface area contributed by atoms with Crippen molar-refractivity contribution in [2.24, 2.45) is 5.41 Å². The average Bonchev–Trinajstić information content (AvgIpc) is 4.15. The summed E-state index contributed by atoms with van der Waals surface area (Å²) in [6.45, 7) is 24.9. The van der Waals surface area contributed by atoms with Crippen LogP contribution in [0.2, 0.25) is 0 Å². The first kappa shape index (κ1) is 62.1. The molecule has 5 amide bonds. The quantitative estimate of drug-likeness (QED) is 0.0363. The third-order valence-corrected chi connectivity index (χ3v) is 14.0. The minimum Gasteiger partial charge on any atom is -0.467 e. The predicted octanol–water partition coefficient (Wildman–Crippen LogP) is 4.05. The lowest BCUT2D eigenvalue weighted by molar-refractivity contribution is -0.144. The highest BCUT2D eigenvalue weighted by molar-refractivity contribution is 5.96. The molecule has 4 heterocycles. The number of nitrogen functional groups attached to an aromatic ring is 1. The number of hydrogen-bond acceptors (Lipinski definition) is 16. The van der Waals surface area contributed by atoms with Crippen molar-refractivity contribution in [2.75, 3.05) is 92.3 Å². The SMILES string of the molecule is [C-]#[N+]c1nn(CCNC(=O)CCOCCOCCOCCOCCN[C@H]2C[C@@H](C(=O)N[C@H](CC)c3ccccc3)N(C(=O)[C@@H](NC(=O)[C@H](C)NC)C(C)(C)C)C2)c2c1-c1cnc(N)c(n1)O[C@H](C)c1cc(C)ccc1C(=O)N(C)C2. The Morgan fingerprint density at radius 2 is 1.62 bits per heavy atom. The zero-order valence-electron chi connectivity index (χ0n) is 47.8. The number of nitrogens with two attached hydrogens (primary N) is 1. The predicted molar refractivity (Wildman–Crippen MR) is 300 cm³/mol. The number of carbonyl (C=O) groups excluding carboxylic acids is 5. The Labute approximate surface area is 469 Å². The van der Waals surface area contributed by atoms with Crippen LogP contribution in [0.1, 0.15) is 106 Å². The number of rotatable bonds is 27. The van der Waals surface area contributed by atoms with Gasteiger partial charge in [-0.3, -0.25) is 24.0 Å². The zero-order chi connectivity index (χ0) is 57.9. The number of amides is 5. The van der Waals surface area contributed by atoms with Gasteiger partial charge in [-0.2, -0.15) is 4.68 Å². The molecule has 2 aliphatic heterocycles. The maximum atomic E-state index is 14.3. The van der Waals surface area contributed by atoms with E-state index >= 15 is 0 Å². The average molecular weight is 1110 g/mol. The smallest absolute Gasteiger partial charge is 0.305 e. The zero-order valence-corrected chi connectivity index (χ0v) is 47.8. The lowest BCUT2D eigenvalue weighted by Gasteiger charge is -2.36. The molecule has 6 rings (SSSR count). The van der Waals surface area contributed by atoms with Gasteiger partial charge in [0, 0.05) is 50.3 Å². The molecule has 7 N–H and O–H groups in total. The standard InChI is InChI=1S/C57H81N13O10/c1-11-43(39-15-13-12-14-16-39)64-53(73)45-32-40(34-69(45)56(75)49(57(5,6)7)66-52(72)37(3)59-8)61-21-24-77-26-28-79-30-29-78-27-25-76-23-19-47(71)62-20-22-70-46-35-68(10)55(74)41-18-17-36(2)31-42(41)38(4)80-54-50(58)63-33-44(65-54)48(46)51(60-9)67-70/h12-18,31,33,37-38,40,43,45,49,59,61H,11,19-30,32,34-35H2,1-8,10H3,(H2,58,63)(H,62,71)(H,64,73)(H,66,72)/t37-,38+,40-,43+,45-,49+/m0/s1. The monoisotopic (exact) mass is 1110 g/mol. The van der Waals surface area contributed by atoms with E-state index in [1.807, 2.05) is 84.0 Å². The number of aromatic nitrogens is 4. The normalized spacial score (nSPS) is 17.4. The molecular formula is C57H81N13O10. The molecule has 6 atom stereocenters. The molecule has 434 valence electrons. The molecule has 23 heteroatoms. The fraction of sp³-hybridized carbons (Fsp3) is 0.561. The van der Waals surface area contributed by atoms with E-state index in [-0.39, 0.29) is 105 Å². The number of hydrogen-bond donors (Lipinski definition) is 6. The Bertz CT molecular complexity index is 2760. The molecule has 2 aromatic carbocycles. The van der Waals surface area contributed by atoms with Gasteiger partial charge in [-0.05, 0) is 62.8 Å². The molecule has 4 aromatic rings. The first-order valence-electron chi connectivity index (χ1n) is 27.4. The van der Waals surface area contributed by atoms with E-state index in [0.717, 1.165) is 11.1 Å². The van der Waals surface area contributed by atoms with Crippen molar-refractivity contribution in [3.8, 4) is 17.1 Å². The Balaban J connectivity index is 0.868. The van der Waals surface area contributed by atoms with Gasteiger partial charge in [-0.15, -0.1) is 0 Å². The van der Waals surface area contributed by atoms with Gasteiger partial charge >= 0.3 is 5.82 Å². The number of nitrogens with zero attached hydrogens (tertiary/aromatic N) is 7. The largest absolute Gasteiger partial charge is 0.467 e. The summed E-state index contributed by atoms with van der Waals surface area (Å²) in [5.41, 5.74) is 9.86. The molecular weight excluding hydrogens is 1030 g/mol. The number of likely N-dealkylation sites (N-methyl/N-ethyl adjacent to an activating group) is 1. The number of nitrogens with one attached hydrogen (secondary N) is 5. The number of likely N-dealkylation sites (tertiary alicyclic amines) is 1. The number of benzene rings is 2. The molecule has 80 heavy (non-hydrogen) atoms. The molecule has 0 aliphatic carbocycles. The second kappa shape index (κ2) is 29.9. The van der Waals surface area contributed by atoms with E-state index < -0.39 is 29.6 Å². The van der Waals surface area contributed by atoms with Gasteiger partial charge in [-0.25, -0.2) is 9.97 Å². The number of ether oxygens (including phenoxy) is 5. The topological polar surface area (TPSA) is 272 Å². The van der Waals surface area contributed by atoms with Gasteiger partial charge in [-0.1, -0.05) is 82.3 Å². The number of anilines is 1. The first-order chi connectivity index (χ1) is 38.3. The van der Waals surface area contributed by atoms with Crippen LogP contribution in [-0.2, 0) is 51.2 Å². The van der Waals surface area contributed by atoms with Gasteiger partial charge in [0.1, 0.15) is 18.2 Å². The van der Waals surface area contributed by atoms with Crippen LogP contribution in [0.5, 0.6) is 5.88 Å². The van der Waals surface area contributed by atoms with Crippen LogP contribution in [0.4, 0.5) is 11.6 Å². The number of aryl methyl sites for hydroxylation is 1. The van der Waals surface area contributed by atoms with E-state index in [9.17, 15) is 24.0 Å². The van der Waals surface area contributed by atoms with Gasteiger partial charge in [0.05, 0.1) is 101 Å². The molecule has 2 aromatic heterocycles. The van der Waals surface area contributed by atoms with E-state index in [2.05, 4.69) is 46.5 Å². The van der Waals surface area contributed by atoms with Gasteiger partial charge in [0.2, 0.25) is 23.6 Å². The Morgan fingerprint density at radius 3 is 2.27 bits per heavy atom. The van der Waals surface area contributed by atoms with Crippen LogP contribution in [0.3, 0.4) is 0 Å². The van der Waals surface area contributed by atoms with Crippen molar-refractivity contribution in [1.29, 1.82) is 0 Å². The van der Waals surface area contributed by atoms with Crippen LogP contribution < -0.4 is 37.1 Å². The van der Waals surface area contributed by atoms with Crippen molar-refractivity contribution < 1.29 is 47.7 Å². The van der Waals surface area contributed by atoms with Crippen molar-refractivity contribution in [3.63, 3.8) is 0 Å².